The molecule has 0 spiro atoms. The molecule has 0 saturated carbocycles. The number of carbonyl (C=O) groups is 1. The van der Waals surface area contributed by atoms with Crippen molar-refractivity contribution in [2.75, 3.05) is 20.1 Å². The predicted molar refractivity (Wildman–Crippen MR) is 66.2 cm³/mol. The lowest BCUT2D eigenvalue weighted by Crippen LogP contribution is -2.39. The number of hydrogen-bond donors (Lipinski definition) is 1. The van der Waals surface area contributed by atoms with Crippen molar-refractivity contribution in [3.8, 4) is 0 Å². The van der Waals surface area contributed by atoms with Crippen LogP contribution in [0.3, 0.4) is 0 Å². The Morgan fingerprint density at radius 1 is 1.56 bits per heavy atom. The minimum Gasteiger partial charge on any atom is -0.444 e. The number of furan rings is 1. The minimum absolute atomic E-state index is 0.0891. The maximum Gasteiger partial charge on any atom is 0.289 e. The number of amides is 1. The summed E-state index contributed by atoms with van der Waals surface area (Å²) < 4.78 is 5.77. The van der Waals surface area contributed by atoms with Crippen molar-refractivity contribution in [1.82, 2.24) is 4.90 Å². The number of halogens is 1. The Morgan fingerprint density at radius 2 is 2.19 bits per heavy atom. The fraction of sp³-hybridized carbons (Fsp3) is 0.545. The lowest BCUT2D eigenvalue weighted by atomic mass is 9.93. The van der Waals surface area contributed by atoms with Gasteiger partial charge in [-0.25, -0.2) is 0 Å². The van der Waals surface area contributed by atoms with Crippen LogP contribution in [0, 0.1) is 5.41 Å². The van der Waals surface area contributed by atoms with Gasteiger partial charge in [-0.3, -0.25) is 4.79 Å². The third-order valence-corrected chi connectivity index (χ3v) is 2.77. The summed E-state index contributed by atoms with van der Waals surface area (Å²) in [6.45, 7) is 5.18. The Labute approximate surface area is 104 Å². The first kappa shape index (κ1) is 13.3. The molecule has 1 amide bonds. The summed E-state index contributed by atoms with van der Waals surface area (Å²) in [5.41, 5.74) is 5.54. The van der Waals surface area contributed by atoms with Gasteiger partial charge in [-0.2, -0.15) is 0 Å². The summed E-state index contributed by atoms with van der Waals surface area (Å²) >= 11 is 3.17. The highest BCUT2D eigenvalue weighted by Gasteiger charge is 2.23. The zero-order valence-corrected chi connectivity index (χ0v) is 11.4. The van der Waals surface area contributed by atoms with Crippen molar-refractivity contribution < 1.29 is 9.21 Å². The van der Waals surface area contributed by atoms with Crippen molar-refractivity contribution in [2.24, 2.45) is 11.1 Å². The topological polar surface area (TPSA) is 59.5 Å². The van der Waals surface area contributed by atoms with E-state index in [1.54, 1.807) is 24.1 Å². The Balaban J connectivity index is 2.68. The molecule has 0 aromatic carbocycles. The lowest BCUT2D eigenvalue weighted by molar-refractivity contribution is 0.0707. The molecule has 0 aliphatic heterocycles. The second-order valence-electron chi connectivity index (χ2n) is 4.63. The Bertz CT molecular complexity index is 374. The Kier molecular flexibility index (Phi) is 4.15. The summed E-state index contributed by atoms with van der Waals surface area (Å²) in [6, 6.07) is 3.35. The number of nitrogens with zero attached hydrogens (tertiary/aromatic N) is 1. The SMILES string of the molecule is CN(CC(C)(C)CN)C(=O)c1ccc(Br)o1. The maximum absolute atomic E-state index is 11.9. The molecule has 0 atom stereocenters. The molecule has 0 aliphatic carbocycles. The van der Waals surface area contributed by atoms with Gasteiger partial charge in [0.1, 0.15) is 0 Å². The third kappa shape index (κ3) is 3.35. The molecule has 0 saturated heterocycles. The van der Waals surface area contributed by atoms with Crippen LogP contribution in [0.2, 0.25) is 0 Å². The van der Waals surface area contributed by atoms with E-state index in [9.17, 15) is 4.79 Å². The van der Waals surface area contributed by atoms with E-state index >= 15 is 0 Å². The van der Waals surface area contributed by atoms with Crippen LogP contribution in [0.15, 0.2) is 21.2 Å². The largest absolute Gasteiger partial charge is 0.444 e. The Morgan fingerprint density at radius 3 is 2.62 bits per heavy atom. The van der Waals surface area contributed by atoms with Gasteiger partial charge in [0, 0.05) is 13.6 Å². The number of hydrogen-bond acceptors (Lipinski definition) is 3. The molecule has 90 valence electrons. The van der Waals surface area contributed by atoms with Crippen LogP contribution in [0.5, 0.6) is 0 Å². The number of carbonyl (C=O) groups excluding carboxylic acids is 1. The molecule has 1 aromatic rings. The molecule has 0 radical (unpaired) electrons. The highest BCUT2D eigenvalue weighted by atomic mass is 79.9. The number of nitrogens with two attached hydrogens (primary N) is 1. The molecule has 0 fully saturated rings. The van der Waals surface area contributed by atoms with E-state index in [4.69, 9.17) is 10.2 Å². The third-order valence-electron chi connectivity index (χ3n) is 2.35. The first-order valence-corrected chi connectivity index (χ1v) is 5.86. The lowest BCUT2D eigenvalue weighted by Gasteiger charge is -2.28. The molecule has 2 N–H and O–H groups in total. The van der Waals surface area contributed by atoms with Crippen molar-refractivity contribution in [3.63, 3.8) is 0 Å². The molecule has 1 rings (SSSR count). The van der Waals surface area contributed by atoms with Crippen molar-refractivity contribution in [2.45, 2.75) is 13.8 Å². The monoisotopic (exact) mass is 288 g/mol. The van der Waals surface area contributed by atoms with Gasteiger partial charge in [0.05, 0.1) is 0 Å². The molecule has 0 aliphatic rings. The van der Waals surface area contributed by atoms with Gasteiger partial charge in [0.25, 0.3) is 5.91 Å². The van der Waals surface area contributed by atoms with Gasteiger partial charge >= 0.3 is 0 Å². The van der Waals surface area contributed by atoms with Gasteiger partial charge in [0.2, 0.25) is 0 Å². The fourth-order valence-corrected chi connectivity index (χ4v) is 1.70. The van der Waals surface area contributed by atoms with E-state index < -0.39 is 0 Å². The normalized spacial score (nSPS) is 11.6. The van der Waals surface area contributed by atoms with Gasteiger partial charge in [-0.1, -0.05) is 13.8 Å². The van der Waals surface area contributed by atoms with Crippen LogP contribution in [-0.4, -0.2) is 30.9 Å². The zero-order chi connectivity index (χ0) is 12.3. The van der Waals surface area contributed by atoms with Crippen molar-refractivity contribution in [1.29, 1.82) is 0 Å². The van der Waals surface area contributed by atoms with Crippen LogP contribution in [0.25, 0.3) is 0 Å². The molecule has 5 heteroatoms. The summed E-state index contributed by atoms with van der Waals surface area (Å²) in [7, 11) is 1.75. The molecular weight excluding hydrogens is 272 g/mol. The van der Waals surface area contributed by atoms with E-state index in [-0.39, 0.29) is 11.3 Å². The summed E-state index contributed by atoms with van der Waals surface area (Å²) in [5.74, 6) is 0.203. The number of rotatable bonds is 4. The maximum atomic E-state index is 11.9. The van der Waals surface area contributed by atoms with E-state index in [1.807, 2.05) is 13.8 Å². The molecule has 1 aromatic heterocycles. The van der Waals surface area contributed by atoms with E-state index in [1.165, 1.54) is 0 Å². The predicted octanol–water partition coefficient (Wildman–Crippen LogP) is 2.10. The fourth-order valence-electron chi connectivity index (χ4n) is 1.40. The van der Waals surface area contributed by atoms with Crippen LogP contribution in [0.1, 0.15) is 24.4 Å². The van der Waals surface area contributed by atoms with Crippen molar-refractivity contribution in [3.05, 3.63) is 22.6 Å². The van der Waals surface area contributed by atoms with E-state index in [0.29, 0.717) is 23.5 Å². The highest BCUT2D eigenvalue weighted by molar-refractivity contribution is 9.10. The Hall–Kier alpha value is -0.810. The van der Waals surface area contributed by atoms with Gasteiger partial charge < -0.3 is 15.1 Å². The smallest absolute Gasteiger partial charge is 0.289 e. The summed E-state index contributed by atoms with van der Waals surface area (Å²) in [6.07, 6.45) is 0. The second-order valence-corrected chi connectivity index (χ2v) is 5.41. The standard InChI is InChI=1S/C11H17BrN2O2/c1-11(2,6-13)7-14(3)10(15)8-4-5-9(12)16-8/h4-5H,6-7,13H2,1-3H3. The van der Waals surface area contributed by atoms with E-state index in [2.05, 4.69) is 15.9 Å². The first-order valence-electron chi connectivity index (χ1n) is 5.06. The second kappa shape index (κ2) is 5.01. The van der Waals surface area contributed by atoms with Gasteiger partial charge in [-0.15, -0.1) is 0 Å². The molecule has 4 nitrogen and oxygen atoms in total. The molecule has 0 unspecified atom stereocenters. The quantitative estimate of drug-likeness (QED) is 0.923. The molecular formula is C11H17BrN2O2. The first-order chi connectivity index (χ1) is 7.35. The van der Waals surface area contributed by atoms with E-state index in [0.717, 1.165) is 0 Å². The summed E-state index contributed by atoms with van der Waals surface area (Å²) in [4.78, 5) is 13.5. The average Bonchev–Trinajstić information content (AvgIpc) is 2.63. The molecule has 1 heterocycles. The van der Waals surface area contributed by atoms with Crippen molar-refractivity contribution >= 4 is 21.8 Å². The van der Waals surface area contributed by atoms with Gasteiger partial charge in [-0.05, 0) is 40.0 Å². The molecule has 16 heavy (non-hydrogen) atoms. The molecule has 0 bridgehead atoms. The van der Waals surface area contributed by atoms with Crippen LogP contribution < -0.4 is 5.73 Å². The zero-order valence-electron chi connectivity index (χ0n) is 9.79. The summed E-state index contributed by atoms with van der Waals surface area (Å²) in [5, 5.41) is 0. The van der Waals surface area contributed by atoms with Gasteiger partial charge in [0.15, 0.2) is 10.4 Å². The van der Waals surface area contributed by atoms with Crippen LogP contribution >= 0.6 is 15.9 Å². The highest BCUT2D eigenvalue weighted by Crippen LogP contribution is 2.18. The van der Waals surface area contributed by atoms with Crippen LogP contribution in [0.4, 0.5) is 0 Å². The minimum atomic E-state index is -0.132. The van der Waals surface area contributed by atoms with Crippen LogP contribution in [-0.2, 0) is 0 Å². The average molecular weight is 289 g/mol.